The zero-order valence-electron chi connectivity index (χ0n) is 18.8. The second kappa shape index (κ2) is 14.8. The highest BCUT2D eigenvalue weighted by Crippen LogP contribution is 2.21. The maximum absolute atomic E-state index is 5.47. The number of hydrogen-bond acceptors (Lipinski definition) is 3. The first-order valence-corrected chi connectivity index (χ1v) is 11.4. The van der Waals surface area contributed by atoms with Crippen molar-refractivity contribution >= 4 is 29.9 Å². The maximum Gasteiger partial charge on any atom is 0.193 e. The fourth-order valence-electron chi connectivity index (χ4n) is 4.59. The van der Waals surface area contributed by atoms with E-state index in [1.54, 1.807) is 0 Å². The maximum atomic E-state index is 5.47. The van der Waals surface area contributed by atoms with Gasteiger partial charge in [0.2, 0.25) is 0 Å². The van der Waals surface area contributed by atoms with Crippen molar-refractivity contribution < 1.29 is 4.74 Å². The van der Waals surface area contributed by atoms with Crippen molar-refractivity contribution in [2.24, 2.45) is 22.7 Å². The second-order valence-corrected chi connectivity index (χ2v) is 8.91. The smallest absolute Gasteiger partial charge is 0.193 e. The Labute approximate surface area is 191 Å². The minimum Gasteiger partial charge on any atom is -0.381 e. The summed E-state index contributed by atoms with van der Waals surface area (Å²) in [4.78, 5) is 9.85. The Morgan fingerprint density at radius 1 is 1.14 bits per heavy atom. The molecular weight excluding hydrogens is 463 g/mol. The molecule has 2 aliphatic rings. The SMILES string of the molecule is CCNC(=NCCCCN1CC(C)CC(C)C1)N(C)CCC1CCOCC1.I. The van der Waals surface area contributed by atoms with E-state index in [9.17, 15) is 0 Å². The molecular formula is C22H45IN4O. The van der Waals surface area contributed by atoms with Gasteiger partial charge in [-0.15, -0.1) is 24.0 Å². The molecule has 0 saturated carbocycles. The van der Waals surface area contributed by atoms with Crippen LogP contribution in [0.4, 0.5) is 0 Å². The van der Waals surface area contributed by atoms with Crippen LogP contribution in [0.25, 0.3) is 0 Å². The first-order chi connectivity index (χ1) is 13.1. The molecule has 0 aliphatic carbocycles. The Morgan fingerprint density at radius 3 is 2.46 bits per heavy atom. The molecule has 2 saturated heterocycles. The van der Waals surface area contributed by atoms with Crippen molar-refractivity contribution in [2.75, 3.05) is 59.5 Å². The molecule has 6 heteroatoms. The number of nitrogens with one attached hydrogen (secondary N) is 1. The van der Waals surface area contributed by atoms with Crippen molar-refractivity contribution in [2.45, 2.75) is 59.3 Å². The molecule has 0 spiro atoms. The zero-order valence-corrected chi connectivity index (χ0v) is 21.1. The number of aliphatic imine (C=N–C) groups is 1. The van der Waals surface area contributed by atoms with Crippen LogP contribution in [0.1, 0.15) is 59.3 Å². The van der Waals surface area contributed by atoms with E-state index in [1.165, 1.54) is 58.2 Å². The molecule has 1 N–H and O–H groups in total. The molecule has 2 atom stereocenters. The lowest BCUT2D eigenvalue weighted by atomic mass is 9.92. The first kappa shape index (κ1) is 26.0. The average molecular weight is 509 g/mol. The summed E-state index contributed by atoms with van der Waals surface area (Å²) in [5.74, 6) is 3.61. The highest BCUT2D eigenvalue weighted by molar-refractivity contribution is 14.0. The second-order valence-electron chi connectivity index (χ2n) is 8.91. The number of rotatable bonds is 9. The minimum atomic E-state index is 0. The van der Waals surface area contributed by atoms with E-state index < -0.39 is 0 Å². The summed E-state index contributed by atoms with van der Waals surface area (Å²) in [6.07, 6.45) is 7.52. The Balaban J connectivity index is 0.00000392. The lowest BCUT2D eigenvalue weighted by Gasteiger charge is -2.34. The molecule has 166 valence electrons. The van der Waals surface area contributed by atoms with Gasteiger partial charge in [-0.2, -0.15) is 0 Å². The average Bonchev–Trinajstić information content (AvgIpc) is 2.65. The molecule has 2 rings (SSSR count). The number of halogens is 1. The molecule has 0 amide bonds. The van der Waals surface area contributed by atoms with Crippen LogP contribution in [0, 0.1) is 17.8 Å². The van der Waals surface area contributed by atoms with Crippen LogP contribution in [0.5, 0.6) is 0 Å². The van der Waals surface area contributed by atoms with Gasteiger partial charge in [0, 0.05) is 53.0 Å². The van der Waals surface area contributed by atoms with Crippen LogP contribution < -0.4 is 5.32 Å². The van der Waals surface area contributed by atoms with Crippen LogP contribution in [-0.2, 0) is 4.74 Å². The summed E-state index contributed by atoms with van der Waals surface area (Å²) in [5, 5.41) is 3.46. The van der Waals surface area contributed by atoms with Gasteiger partial charge in [0.05, 0.1) is 0 Å². The summed E-state index contributed by atoms with van der Waals surface area (Å²) in [6.45, 7) is 15.6. The van der Waals surface area contributed by atoms with E-state index in [2.05, 4.69) is 42.9 Å². The van der Waals surface area contributed by atoms with Crippen LogP contribution in [-0.4, -0.2) is 75.3 Å². The Bertz CT molecular complexity index is 419. The summed E-state index contributed by atoms with van der Waals surface area (Å²) in [5.41, 5.74) is 0. The molecule has 0 radical (unpaired) electrons. The van der Waals surface area contributed by atoms with Gasteiger partial charge in [0.25, 0.3) is 0 Å². The van der Waals surface area contributed by atoms with Crippen LogP contribution in [0.2, 0.25) is 0 Å². The number of unbranched alkanes of at least 4 members (excludes halogenated alkanes) is 1. The van der Waals surface area contributed by atoms with E-state index in [0.717, 1.165) is 56.6 Å². The lowest BCUT2D eigenvalue weighted by Crippen LogP contribution is -2.40. The van der Waals surface area contributed by atoms with Gasteiger partial charge >= 0.3 is 0 Å². The van der Waals surface area contributed by atoms with Crippen molar-refractivity contribution in [1.82, 2.24) is 15.1 Å². The fraction of sp³-hybridized carbons (Fsp3) is 0.955. The summed E-state index contributed by atoms with van der Waals surface area (Å²) in [7, 11) is 2.18. The van der Waals surface area contributed by atoms with Gasteiger partial charge in [-0.1, -0.05) is 13.8 Å². The molecule has 2 aliphatic heterocycles. The van der Waals surface area contributed by atoms with E-state index >= 15 is 0 Å². The van der Waals surface area contributed by atoms with Crippen LogP contribution in [0.15, 0.2) is 4.99 Å². The van der Waals surface area contributed by atoms with E-state index in [1.807, 2.05) is 0 Å². The van der Waals surface area contributed by atoms with E-state index in [0.29, 0.717) is 0 Å². The molecule has 0 bridgehead atoms. The number of piperidine rings is 1. The summed E-state index contributed by atoms with van der Waals surface area (Å²) < 4.78 is 5.47. The van der Waals surface area contributed by atoms with Gasteiger partial charge < -0.3 is 19.9 Å². The molecule has 5 nitrogen and oxygen atoms in total. The topological polar surface area (TPSA) is 40.1 Å². The highest BCUT2D eigenvalue weighted by Gasteiger charge is 2.21. The third kappa shape index (κ3) is 10.1. The lowest BCUT2D eigenvalue weighted by molar-refractivity contribution is 0.0625. The summed E-state index contributed by atoms with van der Waals surface area (Å²) in [6, 6.07) is 0. The van der Waals surface area contributed by atoms with Crippen molar-refractivity contribution in [3.05, 3.63) is 0 Å². The van der Waals surface area contributed by atoms with E-state index in [-0.39, 0.29) is 24.0 Å². The molecule has 2 unspecified atom stereocenters. The van der Waals surface area contributed by atoms with Crippen molar-refractivity contribution in [1.29, 1.82) is 0 Å². The fourth-order valence-corrected chi connectivity index (χ4v) is 4.59. The predicted molar refractivity (Wildman–Crippen MR) is 131 cm³/mol. The minimum absolute atomic E-state index is 0. The third-order valence-electron chi connectivity index (χ3n) is 6.00. The zero-order chi connectivity index (χ0) is 19.5. The third-order valence-corrected chi connectivity index (χ3v) is 6.00. The van der Waals surface area contributed by atoms with Crippen molar-refractivity contribution in [3.63, 3.8) is 0 Å². The Hall–Kier alpha value is -0.0800. The van der Waals surface area contributed by atoms with Gasteiger partial charge in [-0.25, -0.2) is 0 Å². The van der Waals surface area contributed by atoms with Crippen molar-refractivity contribution in [3.8, 4) is 0 Å². The Morgan fingerprint density at radius 2 is 1.82 bits per heavy atom. The number of nitrogens with zero attached hydrogens (tertiary/aromatic N) is 3. The van der Waals surface area contributed by atoms with Gasteiger partial charge in [-0.3, -0.25) is 4.99 Å². The van der Waals surface area contributed by atoms with Crippen LogP contribution >= 0.6 is 24.0 Å². The summed E-state index contributed by atoms with van der Waals surface area (Å²) >= 11 is 0. The first-order valence-electron chi connectivity index (χ1n) is 11.4. The highest BCUT2D eigenvalue weighted by atomic mass is 127. The standard InChI is InChI=1S/C22H44N4O.HI/c1-5-23-22(25(4)13-8-21-9-14-27-15-10-21)24-11-6-7-12-26-17-19(2)16-20(3)18-26;/h19-21H,5-18H2,1-4H3,(H,23,24);1H. The molecule has 28 heavy (non-hydrogen) atoms. The molecule has 2 heterocycles. The molecule has 0 aromatic carbocycles. The molecule has 0 aromatic heterocycles. The van der Waals surface area contributed by atoms with Gasteiger partial charge in [-0.05, 0) is 69.7 Å². The number of likely N-dealkylation sites (tertiary alicyclic amines) is 1. The molecule has 0 aromatic rings. The number of guanidine groups is 1. The Kier molecular flexibility index (Phi) is 13.7. The van der Waals surface area contributed by atoms with Crippen LogP contribution in [0.3, 0.4) is 0 Å². The molecule has 2 fully saturated rings. The quantitative estimate of drug-likeness (QED) is 0.221. The monoisotopic (exact) mass is 508 g/mol. The number of hydrogen-bond donors (Lipinski definition) is 1. The van der Waals surface area contributed by atoms with Gasteiger partial charge in [0.15, 0.2) is 5.96 Å². The predicted octanol–water partition coefficient (Wildman–Crippen LogP) is 4.08. The number of ether oxygens (including phenoxy) is 1. The van der Waals surface area contributed by atoms with Gasteiger partial charge in [0.1, 0.15) is 0 Å². The van der Waals surface area contributed by atoms with E-state index in [4.69, 9.17) is 9.73 Å². The largest absolute Gasteiger partial charge is 0.381 e. The normalized spacial score (nSPS) is 24.6.